The Hall–Kier alpha value is -4.92. The Bertz CT molecular complexity index is 2120. The summed E-state index contributed by atoms with van der Waals surface area (Å²) in [6, 6.07) is 5.83. The number of nitrogens with zero attached hydrogens (tertiary/aromatic N) is 2. The summed E-state index contributed by atoms with van der Waals surface area (Å²) in [5.41, 5.74) is 13.8. The maximum Gasteiger partial charge on any atom is 0.310 e. The Morgan fingerprint density at radius 2 is 1.56 bits per heavy atom. The van der Waals surface area contributed by atoms with Gasteiger partial charge in [-0.05, 0) is 75.9 Å². The van der Waals surface area contributed by atoms with Gasteiger partial charge in [-0.25, -0.2) is 0 Å². The molecule has 8 N–H and O–H groups in total. The van der Waals surface area contributed by atoms with Gasteiger partial charge in [0.05, 0.1) is 48.5 Å². The van der Waals surface area contributed by atoms with Gasteiger partial charge in [0.25, 0.3) is 5.91 Å². The van der Waals surface area contributed by atoms with Gasteiger partial charge in [-0.15, -0.1) is 0 Å². The standard InChI is InChI=1S/C41H55N7O7/c1-8-26-20(2)29-17-34-37(24(6)50)22(4)31(46-34)15-30-21(3)27(10-11-35(52)44-18-25(51)19-49)39(47-30)28(14-36(53)55-7)40-38(41(54)43-13-9-12-42)23(5)32(48-40)16-33(26)45-29/h15-17,20-21,25-27,46,48-49,51H,8-14,18-19,42H2,1-7H3,(H,43,54)(H,44,52)/t20-,21+,25?,26-,27+/m1/s1. The van der Waals surface area contributed by atoms with E-state index in [9.17, 15) is 29.4 Å². The first kappa shape index (κ1) is 41.2. The molecule has 0 saturated heterocycles. The van der Waals surface area contributed by atoms with E-state index in [1.165, 1.54) is 7.11 Å². The lowest BCUT2D eigenvalue weighted by Gasteiger charge is -2.18. The van der Waals surface area contributed by atoms with E-state index in [1.807, 2.05) is 39.0 Å². The Morgan fingerprint density at radius 1 is 0.927 bits per heavy atom. The van der Waals surface area contributed by atoms with E-state index in [0.717, 1.165) is 23.4 Å². The predicted molar refractivity (Wildman–Crippen MR) is 210 cm³/mol. The van der Waals surface area contributed by atoms with Crippen molar-refractivity contribution in [2.45, 2.75) is 103 Å². The third-order valence-electron chi connectivity index (χ3n) is 11.1. The molecule has 0 fully saturated rings. The van der Waals surface area contributed by atoms with E-state index < -0.39 is 24.6 Å². The van der Waals surface area contributed by atoms with Gasteiger partial charge >= 0.3 is 5.97 Å². The zero-order chi connectivity index (χ0) is 40.1. The van der Waals surface area contributed by atoms with E-state index in [0.29, 0.717) is 81.6 Å². The number of fused-ring (bicyclic) bond motifs is 8. The maximum atomic E-state index is 14.1. The molecule has 55 heavy (non-hydrogen) atoms. The molecule has 2 amide bonds. The fourth-order valence-corrected chi connectivity index (χ4v) is 7.91. The molecule has 14 nitrogen and oxygen atoms in total. The molecule has 2 aliphatic heterocycles. The van der Waals surface area contributed by atoms with E-state index in [-0.39, 0.29) is 54.7 Å². The number of rotatable bonds is 14. The van der Waals surface area contributed by atoms with Crippen LogP contribution < -0.4 is 16.4 Å². The van der Waals surface area contributed by atoms with Crippen molar-refractivity contribution in [2.75, 3.05) is 33.4 Å². The van der Waals surface area contributed by atoms with Crippen LogP contribution in [-0.2, 0) is 20.7 Å². The number of carbonyl (C=O) groups excluding carboxylic acids is 4. The van der Waals surface area contributed by atoms with Crippen LogP contribution in [0.4, 0.5) is 0 Å². The molecule has 0 aliphatic carbocycles. The van der Waals surface area contributed by atoms with Crippen LogP contribution in [0.5, 0.6) is 0 Å². The number of methoxy groups -OCH3 is 1. The van der Waals surface area contributed by atoms with Gasteiger partial charge in [0.2, 0.25) is 5.91 Å². The zero-order valence-electron chi connectivity index (χ0n) is 32.9. The number of hydrogen-bond donors (Lipinski definition) is 7. The number of ketones is 1. The number of aromatic nitrogens is 4. The Labute approximate surface area is 321 Å². The lowest BCUT2D eigenvalue weighted by Crippen LogP contribution is -2.34. The summed E-state index contributed by atoms with van der Waals surface area (Å²) in [5.74, 6) is -1.85. The monoisotopic (exact) mass is 757 g/mol. The van der Waals surface area contributed by atoms with Gasteiger partial charge in [-0.3, -0.25) is 29.1 Å². The second-order valence-corrected chi connectivity index (χ2v) is 14.7. The van der Waals surface area contributed by atoms with Crippen molar-refractivity contribution in [1.29, 1.82) is 0 Å². The topological polar surface area (TPSA) is 225 Å². The van der Waals surface area contributed by atoms with Crippen molar-refractivity contribution < 1.29 is 34.1 Å². The summed E-state index contributed by atoms with van der Waals surface area (Å²) >= 11 is 0. The molecular weight excluding hydrogens is 702 g/mol. The molecule has 0 spiro atoms. The number of aliphatic hydroxyl groups is 2. The normalized spacial score (nSPS) is 18.5. The molecule has 8 bridgehead atoms. The number of aliphatic hydroxyl groups excluding tert-OH is 2. The number of nitrogens with two attached hydrogens (primary N) is 1. The molecule has 5 rings (SSSR count). The minimum atomic E-state index is -1.09. The van der Waals surface area contributed by atoms with Gasteiger partial charge in [0.15, 0.2) is 5.78 Å². The SMILES string of the molecule is CC[C@H]1c2cc3[nH]c(c(CC(=O)OC)c4nc(cc5[nH]c(cc(n2)[C@@H]1C)c(C(C)=O)c5C)[C@@H](C)[C@@H]4CCC(=O)NCC(O)CO)c(C(=O)NCCCN)c3C. The lowest BCUT2D eigenvalue weighted by molar-refractivity contribution is -0.139. The fourth-order valence-electron chi connectivity index (χ4n) is 7.91. The van der Waals surface area contributed by atoms with Gasteiger partial charge in [-0.2, -0.15) is 0 Å². The third-order valence-corrected chi connectivity index (χ3v) is 11.1. The fraction of sp³-hybridized carbons (Fsp3) is 0.512. The van der Waals surface area contributed by atoms with Crippen molar-refractivity contribution in [2.24, 2.45) is 5.73 Å². The zero-order valence-corrected chi connectivity index (χ0v) is 32.9. The van der Waals surface area contributed by atoms with E-state index in [4.69, 9.17) is 20.4 Å². The smallest absolute Gasteiger partial charge is 0.310 e. The van der Waals surface area contributed by atoms with Crippen molar-refractivity contribution in [3.63, 3.8) is 0 Å². The van der Waals surface area contributed by atoms with E-state index in [1.54, 1.807) is 6.92 Å². The summed E-state index contributed by atoms with van der Waals surface area (Å²) in [7, 11) is 1.30. The van der Waals surface area contributed by atoms with Crippen molar-refractivity contribution in [3.05, 3.63) is 68.8 Å². The number of aromatic amines is 2. The minimum absolute atomic E-state index is 0.0406. The number of aryl methyl sites for hydroxylation is 2. The Kier molecular flexibility index (Phi) is 13.3. The molecule has 3 aromatic rings. The number of esters is 1. The molecule has 14 heteroatoms. The van der Waals surface area contributed by atoms with E-state index in [2.05, 4.69) is 34.4 Å². The minimum Gasteiger partial charge on any atom is -0.469 e. The Morgan fingerprint density at radius 3 is 2.22 bits per heavy atom. The number of H-pyrrole nitrogens is 2. The van der Waals surface area contributed by atoms with Crippen LogP contribution in [0.25, 0.3) is 22.1 Å². The number of amides is 2. The lowest BCUT2D eigenvalue weighted by atomic mass is 9.85. The van der Waals surface area contributed by atoms with Gasteiger partial charge in [0.1, 0.15) is 0 Å². The van der Waals surface area contributed by atoms with Crippen LogP contribution in [0.3, 0.4) is 0 Å². The highest BCUT2D eigenvalue weighted by Crippen LogP contribution is 2.43. The van der Waals surface area contributed by atoms with Crippen LogP contribution in [0, 0.1) is 13.8 Å². The summed E-state index contributed by atoms with van der Waals surface area (Å²) < 4.78 is 5.20. The first-order valence-corrected chi connectivity index (χ1v) is 19.1. The maximum absolute atomic E-state index is 14.1. The second-order valence-electron chi connectivity index (χ2n) is 14.7. The summed E-state index contributed by atoms with van der Waals surface area (Å²) in [6.45, 7) is 11.7. The summed E-state index contributed by atoms with van der Waals surface area (Å²) in [5, 5.41) is 24.7. The van der Waals surface area contributed by atoms with E-state index >= 15 is 0 Å². The molecule has 0 radical (unpaired) electrons. The molecule has 3 aromatic heterocycles. The molecule has 5 atom stereocenters. The molecule has 5 heterocycles. The second kappa shape index (κ2) is 17.7. The van der Waals surface area contributed by atoms with Crippen LogP contribution in [0.2, 0.25) is 0 Å². The quantitative estimate of drug-likeness (QED) is 0.0699. The molecular formula is C41H55N7O7. The molecule has 1 unspecified atom stereocenters. The van der Waals surface area contributed by atoms with Crippen molar-refractivity contribution >= 4 is 45.6 Å². The van der Waals surface area contributed by atoms with Crippen LogP contribution in [0.1, 0.15) is 137 Å². The number of carbonyl (C=O) groups is 4. The van der Waals surface area contributed by atoms with Crippen molar-refractivity contribution in [1.82, 2.24) is 30.6 Å². The van der Waals surface area contributed by atoms with Crippen molar-refractivity contribution in [3.8, 4) is 0 Å². The predicted octanol–water partition coefficient (Wildman–Crippen LogP) is 4.36. The van der Waals surface area contributed by atoms with Crippen LogP contribution in [0.15, 0.2) is 18.2 Å². The van der Waals surface area contributed by atoms with Crippen LogP contribution in [-0.4, -0.2) is 93.2 Å². The number of hydrogen-bond acceptors (Lipinski definition) is 10. The molecule has 2 aliphatic rings. The molecule has 296 valence electrons. The first-order chi connectivity index (χ1) is 26.2. The highest BCUT2D eigenvalue weighted by atomic mass is 16.5. The molecule has 0 aromatic carbocycles. The third kappa shape index (κ3) is 8.66. The number of Topliss-reactive ketones (excluding diaryl/α,β-unsaturated/α-hetero) is 1. The molecule has 0 saturated carbocycles. The summed E-state index contributed by atoms with van der Waals surface area (Å²) in [6.07, 6.45) is 0.446. The average molecular weight is 758 g/mol. The highest BCUT2D eigenvalue weighted by molar-refractivity contribution is 6.06. The Balaban J connectivity index is 1.91. The van der Waals surface area contributed by atoms with Gasteiger partial charge < -0.3 is 41.3 Å². The first-order valence-electron chi connectivity index (χ1n) is 19.1. The summed E-state index contributed by atoms with van der Waals surface area (Å²) in [4.78, 5) is 70.8. The van der Waals surface area contributed by atoms with Crippen LogP contribution >= 0.6 is 0 Å². The highest BCUT2D eigenvalue weighted by Gasteiger charge is 2.34. The average Bonchev–Trinajstić information content (AvgIpc) is 3.84. The number of ether oxygens (including phenoxy) is 1. The van der Waals surface area contributed by atoms with Gasteiger partial charge in [0, 0.05) is 82.4 Å². The van der Waals surface area contributed by atoms with Gasteiger partial charge in [-0.1, -0.05) is 20.8 Å². The largest absolute Gasteiger partial charge is 0.469 e. The number of nitrogens with one attached hydrogen (secondary N) is 4.